The van der Waals surface area contributed by atoms with Gasteiger partial charge in [-0.1, -0.05) is 6.92 Å². The number of benzene rings is 1. The molecule has 0 spiro atoms. The molecule has 0 aliphatic carbocycles. The van der Waals surface area contributed by atoms with Crippen LogP contribution in [-0.2, 0) is 21.3 Å². The second kappa shape index (κ2) is 7.68. The first-order valence-corrected chi connectivity index (χ1v) is 7.89. The van der Waals surface area contributed by atoms with Crippen LogP contribution in [0.3, 0.4) is 0 Å². The van der Waals surface area contributed by atoms with Crippen LogP contribution in [0.1, 0.15) is 18.1 Å². The van der Waals surface area contributed by atoms with Gasteiger partial charge in [-0.25, -0.2) is 17.5 Å². The summed E-state index contributed by atoms with van der Waals surface area (Å²) in [5.74, 6) is -0.373. The van der Waals surface area contributed by atoms with Crippen molar-refractivity contribution in [2.45, 2.75) is 25.3 Å². The van der Waals surface area contributed by atoms with Crippen molar-refractivity contribution < 1.29 is 17.5 Å². The quantitative estimate of drug-likeness (QED) is 0.708. The minimum atomic E-state index is -3.64. The molecule has 2 N–H and O–H groups in total. The molecule has 0 aliphatic heterocycles. The Labute approximate surface area is 119 Å². The van der Waals surface area contributed by atoms with Crippen LogP contribution in [0.25, 0.3) is 0 Å². The molecule has 114 valence electrons. The Hall–Kier alpha value is -1.02. The highest BCUT2D eigenvalue weighted by atomic mass is 32.2. The molecule has 0 radical (unpaired) electrons. The normalized spacial score (nSPS) is 11.8. The first kappa shape index (κ1) is 17.0. The van der Waals surface area contributed by atoms with Crippen molar-refractivity contribution in [3.63, 3.8) is 0 Å². The summed E-state index contributed by atoms with van der Waals surface area (Å²) in [4.78, 5) is 0.0698. The zero-order valence-corrected chi connectivity index (χ0v) is 12.8. The summed E-state index contributed by atoms with van der Waals surface area (Å²) in [6.45, 7) is 4.89. The lowest BCUT2D eigenvalue weighted by molar-refractivity contribution is 0.204. The van der Waals surface area contributed by atoms with E-state index < -0.39 is 10.0 Å². The van der Waals surface area contributed by atoms with E-state index in [0.717, 1.165) is 0 Å². The first-order valence-electron chi connectivity index (χ1n) is 6.40. The molecule has 0 aliphatic rings. The molecule has 1 rings (SSSR count). The summed E-state index contributed by atoms with van der Waals surface area (Å²) in [6, 6.07) is 2.69. The second-order valence-corrected chi connectivity index (χ2v) is 6.15. The topological polar surface area (TPSA) is 67.4 Å². The van der Waals surface area contributed by atoms with E-state index in [4.69, 9.17) is 4.74 Å². The van der Waals surface area contributed by atoms with Crippen molar-refractivity contribution in [3.05, 3.63) is 29.1 Å². The van der Waals surface area contributed by atoms with Gasteiger partial charge >= 0.3 is 0 Å². The summed E-state index contributed by atoms with van der Waals surface area (Å²) in [5, 5.41) is 2.99. The number of ether oxygens (including phenoxy) is 1. The van der Waals surface area contributed by atoms with Crippen molar-refractivity contribution in [2.75, 3.05) is 26.8 Å². The van der Waals surface area contributed by atoms with Crippen LogP contribution in [0, 0.1) is 12.7 Å². The Balaban J connectivity index is 3.03. The van der Waals surface area contributed by atoms with E-state index in [-0.39, 0.29) is 23.9 Å². The van der Waals surface area contributed by atoms with Gasteiger partial charge in [-0.3, -0.25) is 0 Å². The van der Waals surface area contributed by atoms with E-state index in [2.05, 4.69) is 10.0 Å². The summed E-state index contributed by atoms with van der Waals surface area (Å²) >= 11 is 0. The van der Waals surface area contributed by atoms with Crippen molar-refractivity contribution in [2.24, 2.45) is 0 Å². The van der Waals surface area contributed by atoms with Gasteiger partial charge in [0.2, 0.25) is 10.0 Å². The predicted octanol–water partition coefficient (Wildman–Crippen LogP) is 1.17. The highest BCUT2D eigenvalue weighted by molar-refractivity contribution is 7.89. The molecule has 20 heavy (non-hydrogen) atoms. The van der Waals surface area contributed by atoms with Gasteiger partial charge in [0.15, 0.2) is 0 Å². The Bertz CT molecular complexity index is 547. The SMILES string of the molecule is CCNCc1cc(S(=O)(=O)NCCOC)cc(C)c1F. The molecule has 0 heterocycles. The highest BCUT2D eigenvalue weighted by Gasteiger charge is 2.17. The number of hydrogen-bond donors (Lipinski definition) is 2. The van der Waals surface area contributed by atoms with Crippen LogP contribution in [0.4, 0.5) is 4.39 Å². The predicted molar refractivity (Wildman–Crippen MR) is 75.6 cm³/mol. The molecular weight excluding hydrogens is 283 g/mol. The zero-order chi connectivity index (χ0) is 15.2. The molecule has 0 saturated heterocycles. The number of halogens is 1. The second-order valence-electron chi connectivity index (χ2n) is 4.38. The van der Waals surface area contributed by atoms with Crippen molar-refractivity contribution in [1.29, 1.82) is 0 Å². The Kier molecular flexibility index (Phi) is 6.54. The molecule has 0 fully saturated rings. The van der Waals surface area contributed by atoms with Crippen molar-refractivity contribution >= 4 is 10.0 Å². The molecular formula is C13H21FN2O3S. The molecule has 0 atom stereocenters. The van der Waals surface area contributed by atoms with E-state index in [0.29, 0.717) is 24.2 Å². The van der Waals surface area contributed by atoms with Crippen LogP contribution < -0.4 is 10.0 Å². The Morgan fingerprint density at radius 2 is 2.05 bits per heavy atom. The largest absolute Gasteiger partial charge is 0.383 e. The standard InChI is InChI=1S/C13H21FN2O3S/c1-4-15-9-11-8-12(7-10(2)13(11)14)20(17,18)16-5-6-19-3/h7-8,15-16H,4-6,9H2,1-3H3. The maximum Gasteiger partial charge on any atom is 0.240 e. The third-order valence-corrected chi connectivity index (χ3v) is 4.22. The van der Waals surface area contributed by atoms with E-state index in [1.165, 1.54) is 19.2 Å². The van der Waals surface area contributed by atoms with Crippen molar-refractivity contribution in [1.82, 2.24) is 10.0 Å². The lowest BCUT2D eigenvalue weighted by atomic mass is 10.1. The smallest absolute Gasteiger partial charge is 0.240 e. The molecule has 7 heteroatoms. The maximum atomic E-state index is 13.9. The molecule has 1 aromatic rings. The maximum absolute atomic E-state index is 13.9. The van der Waals surface area contributed by atoms with Crippen LogP contribution in [0.15, 0.2) is 17.0 Å². The number of rotatable bonds is 8. The average molecular weight is 304 g/mol. The van der Waals surface area contributed by atoms with Gasteiger partial charge in [0.05, 0.1) is 11.5 Å². The molecule has 0 bridgehead atoms. The fraction of sp³-hybridized carbons (Fsp3) is 0.538. The van der Waals surface area contributed by atoms with Gasteiger partial charge < -0.3 is 10.1 Å². The Morgan fingerprint density at radius 1 is 1.35 bits per heavy atom. The van der Waals surface area contributed by atoms with Gasteiger partial charge in [-0.2, -0.15) is 0 Å². The van der Waals surface area contributed by atoms with E-state index in [9.17, 15) is 12.8 Å². The molecule has 0 amide bonds. The monoisotopic (exact) mass is 304 g/mol. The van der Waals surface area contributed by atoms with Gasteiger partial charge in [0, 0.05) is 25.8 Å². The molecule has 5 nitrogen and oxygen atoms in total. The van der Waals surface area contributed by atoms with Crippen LogP contribution in [0.2, 0.25) is 0 Å². The summed E-state index contributed by atoms with van der Waals surface area (Å²) < 4.78 is 45.3. The summed E-state index contributed by atoms with van der Waals surface area (Å²) in [7, 11) is -2.15. The summed E-state index contributed by atoms with van der Waals surface area (Å²) in [6.07, 6.45) is 0. The van der Waals surface area contributed by atoms with E-state index in [1.807, 2.05) is 6.92 Å². The van der Waals surface area contributed by atoms with Gasteiger partial charge in [-0.05, 0) is 31.2 Å². The van der Waals surface area contributed by atoms with Crippen LogP contribution >= 0.6 is 0 Å². The van der Waals surface area contributed by atoms with Crippen molar-refractivity contribution in [3.8, 4) is 0 Å². The van der Waals surface area contributed by atoms with Gasteiger partial charge in [-0.15, -0.1) is 0 Å². The van der Waals surface area contributed by atoms with E-state index in [1.54, 1.807) is 6.92 Å². The number of sulfonamides is 1. The minimum Gasteiger partial charge on any atom is -0.383 e. The zero-order valence-electron chi connectivity index (χ0n) is 12.0. The molecule has 0 unspecified atom stereocenters. The lowest BCUT2D eigenvalue weighted by Crippen LogP contribution is -2.27. The molecule has 0 aromatic heterocycles. The fourth-order valence-electron chi connectivity index (χ4n) is 1.71. The average Bonchev–Trinajstić information content (AvgIpc) is 2.40. The third-order valence-electron chi connectivity index (χ3n) is 2.78. The highest BCUT2D eigenvalue weighted by Crippen LogP contribution is 2.19. The Morgan fingerprint density at radius 3 is 2.65 bits per heavy atom. The first-order chi connectivity index (χ1) is 9.42. The number of methoxy groups -OCH3 is 1. The summed E-state index contributed by atoms with van der Waals surface area (Å²) in [5.41, 5.74) is 0.659. The minimum absolute atomic E-state index is 0.0698. The third kappa shape index (κ3) is 4.52. The fourth-order valence-corrected chi connectivity index (χ4v) is 2.86. The molecule has 1 aromatic carbocycles. The number of aryl methyl sites for hydroxylation is 1. The van der Waals surface area contributed by atoms with Gasteiger partial charge in [0.1, 0.15) is 5.82 Å². The van der Waals surface area contributed by atoms with E-state index >= 15 is 0 Å². The number of hydrogen-bond acceptors (Lipinski definition) is 4. The molecule has 0 saturated carbocycles. The van der Waals surface area contributed by atoms with Crippen LogP contribution in [0.5, 0.6) is 0 Å². The lowest BCUT2D eigenvalue weighted by Gasteiger charge is -2.11. The number of nitrogens with one attached hydrogen (secondary N) is 2. The van der Waals surface area contributed by atoms with Gasteiger partial charge in [0.25, 0.3) is 0 Å². The van der Waals surface area contributed by atoms with Crippen LogP contribution in [-0.4, -0.2) is 35.2 Å².